The number of ether oxygens (including phenoxy) is 1. The van der Waals surface area contributed by atoms with Gasteiger partial charge in [0.05, 0.1) is 23.9 Å². The molecule has 2 aliphatic rings. The van der Waals surface area contributed by atoms with Gasteiger partial charge in [0.1, 0.15) is 24.1 Å². The predicted molar refractivity (Wildman–Crippen MR) is 107 cm³/mol. The molecular weight excluding hydrogens is 382 g/mol. The molecule has 1 aromatic carbocycles. The van der Waals surface area contributed by atoms with E-state index < -0.39 is 6.09 Å². The summed E-state index contributed by atoms with van der Waals surface area (Å²) in [6.45, 7) is 2.78. The van der Waals surface area contributed by atoms with Gasteiger partial charge in [-0.05, 0) is 55.4 Å². The lowest BCUT2D eigenvalue weighted by Gasteiger charge is -2.41. The van der Waals surface area contributed by atoms with Crippen LogP contribution >= 0.6 is 0 Å². The van der Waals surface area contributed by atoms with Crippen LogP contribution in [0.4, 0.5) is 4.79 Å². The van der Waals surface area contributed by atoms with Gasteiger partial charge in [-0.15, -0.1) is 0 Å². The summed E-state index contributed by atoms with van der Waals surface area (Å²) in [4.78, 5) is 13.3. The summed E-state index contributed by atoms with van der Waals surface area (Å²) in [5.74, 6) is 0.613. The summed E-state index contributed by atoms with van der Waals surface area (Å²) in [6, 6.07) is 11.0. The number of nitriles is 2. The summed E-state index contributed by atoms with van der Waals surface area (Å²) in [5, 5.41) is 32.7. The summed E-state index contributed by atoms with van der Waals surface area (Å²) in [6.07, 6.45) is 4.13. The molecule has 8 heteroatoms. The lowest BCUT2D eigenvalue weighted by Crippen LogP contribution is -2.49. The fourth-order valence-corrected chi connectivity index (χ4v) is 4.28. The van der Waals surface area contributed by atoms with Crippen LogP contribution in [0.1, 0.15) is 55.5 Å². The number of carboxylic acid groups (broad SMARTS) is 1. The molecule has 1 saturated carbocycles. The first-order valence-corrected chi connectivity index (χ1v) is 10.0. The van der Waals surface area contributed by atoms with Gasteiger partial charge >= 0.3 is 6.09 Å². The second-order valence-electron chi connectivity index (χ2n) is 8.32. The van der Waals surface area contributed by atoms with Crippen molar-refractivity contribution in [2.24, 2.45) is 5.41 Å². The Labute approximate surface area is 174 Å². The van der Waals surface area contributed by atoms with Gasteiger partial charge in [-0.3, -0.25) is 4.68 Å². The van der Waals surface area contributed by atoms with E-state index in [1.165, 1.54) is 0 Å². The Morgan fingerprint density at radius 2 is 2.03 bits per heavy atom. The molecule has 0 bridgehead atoms. The van der Waals surface area contributed by atoms with Crippen LogP contribution in [0.5, 0.6) is 5.75 Å². The van der Waals surface area contributed by atoms with Gasteiger partial charge in [0, 0.05) is 18.2 Å². The quantitative estimate of drug-likeness (QED) is 0.811. The van der Waals surface area contributed by atoms with Gasteiger partial charge in [-0.1, -0.05) is 6.92 Å². The standard InChI is InChI=1S/C22H23N5O3/c1-22(7-8-22)20-10-17(6-9-26(20)21(28)29)27-19(12-24)16(13-25-27)14-30-18-4-2-15(11-23)3-5-18/h2-5,13,17,20H,6-10,14H2,1H3,(H,28,29). The molecule has 2 unspecified atom stereocenters. The minimum absolute atomic E-state index is 0.0127. The van der Waals surface area contributed by atoms with Gasteiger partial charge in [0.15, 0.2) is 0 Å². The number of hydrogen-bond acceptors (Lipinski definition) is 5. The molecule has 154 valence electrons. The number of amides is 1. The van der Waals surface area contributed by atoms with Crippen LogP contribution in [0.3, 0.4) is 0 Å². The molecule has 30 heavy (non-hydrogen) atoms. The number of aromatic nitrogens is 2. The van der Waals surface area contributed by atoms with Crippen molar-refractivity contribution in [1.29, 1.82) is 10.5 Å². The fraction of sp³-hybridized carbons (Fsp3) is 0.455. The number of carbonyl (C=O) groups is 1. The van der Waals surface area contributed by atoms with Crippen molar-refractivity contribution >= 4 is 6.09 Å². The van der Waals surface area contributed by atoms with Gasteiger partial charge in [-0.25, -0.2) is 4.79 Å². The average molecular weight is 405 g/mol. The van der Waals surface area contributed by atoms with Crippen LogP contribution in [-0.4, -0.2) is 38.5 Å². The fourth-order valence-electron chi connectivity index (χ4n) is 4.28. The van der Waals surface area contributed by atoms with Crippen molar-refractivity contribution in [2.75, 3.05) is 6.54 Å². The van der Waals surface area contributed by atoms with Crippen LogP contribution < -0.4 is 4.74 Å². The number of piperidine rings is 1. The minimum Gasteiger partial charge on any atom is -0.489 e. The normalized spacial score (nSPS) is 22.0. The highest BCUT2D eigenvalue weighted by Crippen LogP contribution is 2.53. The molecular formula is C22H23N5O3. The zero-order valence-corrected chi connectivity index (χ0v) is 16.8. The number of hydrogen-bond donors (Lipinski definition) is 1. The minimum atomic E-state index is -0.871. The van der Waals surface area contributed by atoms with Crippen molar-refractivity contribution in [3.8, 4) is 17.9 Å². The lowest BCUT2D eigenvalue weighted by atomic mass is 9.86. The Kier molecular flexibility index (Phi) is 5.09. The molecule has 1 saturated heterocycles. The molecule has 1 aliphatic carbocycles. The molecule has 1 amide bonds. The molecule has 1 aliphatic heterocycles. The predicted octanol–water partition coefficient (Wildman–Crippen LogP) is 3.69. The SMILES string of the molecule is CC1(C2CC(n3ncc(COc4ccc(C#N)cc4)c3C#N)CCN2C(=O)O)CC1. The van der Waals surface area contributed by atoms with E-state index in [2.05, 4.69) is 24.2 Å². The second-order valence-corrected chi connectivity index (χ2v) is 8.32. The monoisotopic (exact) mass is 405 g/mol. The van der Waals surface area contributed by atoms with E-state index in [1.807, 2.05) is 0 Å². The smallest absolute Gasteiger partial charge is 0.407 e. The van der Waals surface area contributed by atoms with Crippen molar-refractivity contribution < 1.29 is 14.6 Å². The molecule has 1 aromatic heterocycles. The van der Waals surface area contributed by atoms with Crippen molar-refractivity contribution in [3.05, 3.63) is 47.3 Å². The van der Waals surface area contributed by atoms with Crippen LogP contribution in [0.25, 0.3) is 0 Å². The molecule has 1 N–H and O–H groups in total. The first kappa shape index (κ1) is 19.8. The topological polar surface area (TPSA) is 115 Å². The maximum atomic E-state index is 11.7. The van der Waals surface area contributed by atoms with Crippen molar-refractivity contribution in [1.82, 2.24) is 14.7 Å². The lowest BCUT2D eigenvalue weighted by molar-refractivity contribution is 0.0605. The number of benzene rings is 1. The van der Waals surface area contributed by atoms with Crippen molar-refractivity contribution in [2.45, 2.75) is 51.3 Å². The molecule has 2 fully saturated rings. The van der Waals surface area contributed by atoms with E-state index >= 15 is 0 Å². The van der Waals surface area contributed by atoms with Gasteiger partial charge in [0.25, 0.3) is 0 Å². The Hall–Kier alpha value is -3.52. The van der Waals surface area contributed by atoms with E-state index in [1.54, 1.807) is 40.0 Å². The maximum absolute atomic E-state index is 11.7. The molecule has 2 aromatic rings. The third-order valence-electron chi connectivity index (χ3n) is 6.36. The van der Waals surface area contributed by atoms with E-state index in [0.29, 0.717) is 42.0 Å². The third kappa shape index (κ3) is 3.69. The summed E-state index contributed by atoms with van der Waals surface area (Å²) >= 11 is 0. The highest BCUT2D eigenvalue weighted by molar-refractivity contribution is 5.66. The average Bonchev–Trinajstić information content (AvgIpc) is 3.38. The molecule has 2 heterocycles. The van der Waals surface area contributed by atoms with E-state index in [-0.39, 0.29) is 24.1 Å². The second kappa shape index (κ2) is 7.72. The maximum Gasteiger partial charge on any atom is 0.407 e. The van der Waals surface area contributed by atoms with E-state index in [9.17, 15) is 15.2 Å². The van der Waals surface area contributed by atoms with Crippen LogP contribution in [0, 0.1) is 28.1 Å². The van der Waals surface area contributed by atoms with Gasteiger partial charge in [0.2, 0.25) is 0 Å². The summed E-state index contributed by atoms with van der Waals surface area (Å²) in [7, 11) is 0. The largest absolute Gasteiger partial charge is 0.489 e. The van der Waals surface area contributed by atoms with Crippen LogP contribution in [0.15, 0.2) is 30.5 Å². The Morgan fingerprint density at radius 1 is 1.30 bits per heavy atom. The Balaban J connectivity index is 1.50. The van der Waals surface area contributed by atoms with Gasteiger partial charge < -0.3 is 14.7 Å². The van der Waals surface area contributed by atoms with Gasteiger partial charge in [-0.2, -0.15) is 15.6 Å². The number of nitrogens with zero attached hydrogens (tertiary/aromatic N) is 5. The first-order valence-electron chi connectivity index (χ1n) is 10.0. The van der Waals surface area contributed by atoms with E-state index in [0.717, 1.165) is 12.8 Å². The molecule has 8 nitrogen and oxygen atoms in total. The number of likely N-dealkylation sites (tertiary alicyclic amines) is 1. The zero-order valence-electron chi connectivity index (χ0n) is 16.8. The Bertz CT molecular complexity index is 1030. The number of rotatable bonds is 5. The van der Waals surface area contributed by atoms with Crippen LogP contribution in [-0.2, 0) is 6.61 Å². The highest BCUT2D eigenvalue weighted by atomic mass is 16.5. The molecule has 4 rings (SSSR count). The summed E-state index contributed by atoms with van der Waals surface area (Å²) in [5.41, 5.74) is 1.73. The Morgan fingerprint density at radius 3 is 2.63 bits per heavy atom. The highest BCUT2D eigenvalue weighted by Gasteiger charge is 2.51. The van der Waals surface area contributed by atoms with E-state index in [4.69, 9.17) is 10.00 Å². The van der Waals surface area contributed by atoms with Crippen LogP contribution in [0.2, 0.25) is 0 Å². The van der Waals surface area contributed by atoms with Crippen molar-refractivity contribution in [3.63, 3.8) is 0 Å². The first-order chi connectivity index (χ1) is 14.4. The molecule has 0 radical (unpaired) electrons. The summed E-state index contributed by atoms with van der Waals surface area (Å²) < 4.78 is 7.51. The molecule has 0 spiro atoms. The third-order valence-corrected chi connectivity index (χ3v) is 6.36. The molecule has 2 atom stereocenters. The zero-order chi connectivity index (χ0) is 21.3.